The third kappa shape index (κ3) is 5.30. The summed E-state index contributed by atoms with van der Waals surface area (Å²) < 4.78 is 11.5. The Kier molecular flexibility index (Phi) is 7.20. The lowest BCUT2D eigenvalue weighted by molar-refractivity contribution is -0.162. The monoisotopic (exact) mass is 404 g/mol. The molecule has 0 saturated carbocycles. The Morgan fingerprint density at radius 2 is 2.07 bits per heavy atom. The van der Waals surface area contributed by atoms with Gasteiger partial charge in [-0.3, -0.25) is 9.59 Å². The molecule has 1 fully saturated rings. The number of hydrogen-bond acceptors (Lipinski definition) is 5. The summed E-state index contributed by atoms with van der Waals surface area (Å²) in [4.78, 5) is 24.2. The van der Waals surface area contributed by atoms with Crippen LogP contribution in [-0.2, 0) is 19.1 Å². The van der Waals surface area contributed by atoms with Crippen LogP contribution in [0, 0.1) is 29.6 Å². The number of allylic oxidation sites excluding steroid dienone is 3. The van der Waals surface area contributed by atoms with Crippen molar-refractivity contribution < 1.29 is 24.2 Å². The van der Waals surface area contributed by atoms with Gasteiger partial charge in [-0.25, -0.2) is 0 Å². The van der Waals surface area contributed by atoms with Crippen LogP contribution >= 0.6 is 0 Å². The second-order valence-electron chi connectivity index (χ2n) is 9.36. The summed E-state index contributed by atoms with van der Waals surface area (Å²) in [5.41, 5.74) is 1.27. The van der Waals surface area contributed by atoms with Crippen LogP contribution in [0.3, 0.4) is 0 Å². The van der Waals surface area contributed by atoms with E-state index in [1.54, 1.807) is 0 Å². The third-order valence-electron chi connectivity index (χ3n) is 6.93. The Labute approximate surface area is 174 Å². The Bertz CT molecular complexity index is 666. The van der Waals surface area contributed by atoms with Crippen LogP contribution in [0.25, 0.3) is 0 Å². The second-order valence-corrected chi connectivity index (χ2v) is 9.36. The molecule has 1 saturated heterocycles. The fraction of sp³-hybridized carbons (Fsp3) is 0.750. The normalized spacial score (nSPS) is 37.9. The third-order valence-corrected chi connectivity index (χ3v) is 6.93. The molecule has 0 aromatic heterocycles. The van der Waals surface area contributed by atoms with E-state index in [9.17, 15) is 14.7 Å². The number of esters is 2. The van der Waals surface area contributed by atoms with Gasteiger partial charge in [0.15, 0.2) is 0 Å². The van der Waals surface area contributed by atoms with Crippen molar-refractivity contribution in [2.24, 2.45) is 29.6 Å². The van der Waals surface area contributed by atoms with Crippen LogP contribution in [0.2, 0.25) is 0 Å². The predicted molar refractivity (Wildman–Crippen MR) is 111 cm³/mol. The summed E-state index contributed by atoms with van der Waals surface area (Å²) in [5, 5.41) is 9.89. The number of cyclic esters (lactones) is 1. The lowest BCUT2D eigenvalue weighted by atomic mass is 9.65. The molecule has 1 heterocycles. The molecule has 0 bridgehead atoms. The van der Waals surface area contributed by atoms with Crippen molar-refractivity contribution in [3.05, 3.63) is 23.8 Å². The van der Waals surface area contributed by atoms with Gasteiger partial charge in [0.25, 0.3) is 0 Å². The molecular weight excluding hydrogens is 368 g/mol. The zero-order valence-corrected chi connectivity index (χ0v) is 18.2. The maximum absolute atomic E-state index is 12.5. The van der Waals surface area contributed by atoms with Gasteiger partial charge in [-0.05, 0) is 49.0 Å². The lowest BCUT2D eigenvalue weighted by Crippen LogP contribution is -2.42. The van der Waals surface area contributed by atoms with Gasteiger partial charge in [0, 0.05) is 12.3 Å². The molecule has 0 radical (unpaired) electrons. The number of hydrogen-bond donors (Lipinski definition) is 1. The van der Waals surface area contributed by atoms with Gasteiger partial charge in [0.1, 0.15) is 12.2 Å². The molecule has 0 aromatic carbocycles. The largest absolute Gasteiger partial charge is 0.462 e. The van der Waals surface area contributed by atoms with E-state index in [2.05, 4.69) is 32.1 Å². The van der Waals surface area contributed by atoms with E-state index in [0.717, 1.165) is 25.7 Å². The quantitative estimate of drug-likeness (QED) is 0.672. The van der Waals surface area contributed by atoms with E-state index in [1.807, 2.05) is 13.8 Å². The number of carbonyl (C=O) groups is 2. The van der Waals surface area contributed by atoms with Gasteiger partial charge in [-0.15, -0.1) is 0 Å². The summed E-state index contributed by atoms with van der Waals surface area (Å²) in [7, 11) is 0. The number of carbonyl (C=O) groups excluding carboxylic acids is 2. The van der Waals surface area contributed by atoms with Gasteiger partial charge >= 0.3 is 11.9 Å². The van der Waals surface area contributed by atoms with E-state index in [4.69, 9.17) is 9.47 Å². The second kappa shape index (κ2) is 9.46. The van der Waals surface area contributed by atoms with E-state index in [-0.39, 0.29) is 42.4 Å². The molecule has 0 amide bonds. The van der Waals surface area contributed by atoms with Crippen LogP contribution in [0.4, 0.5) is 0 Å². The van der Waals surface area contributed by atoms with E-state index < -0.39 is 6.10 Å². The zero-order chi connectivity index (χ0) is 21.1. The van der Waals surface area contributed by atoms with Crippen LogP contribution in [-0.4, -0.2) is 35.4 Å². The topological polar surface area (TPSA) is 72.8 Å². The number of rotatable bonds is 6. The van der Waals surface area contributed by atoms with Crippen LogP contribution in [0.15, 0.2) is 23.8 Å². The van der Waals surface area contributed by atoms with Gasteiger partial charge in [-0.2, -0.15) is 0 Å². The standard InChI is InChI=1S/C24H36O5/c1-5-15(3)24(27)29-21-11-14(2)10-17-7-6-16(4)20(23(17)21)9-8-19-12-18(25)13-22(26)28-19/h6-7,10,14-16,18-21,23,25H,5,8-9,11-13H2,1-4H3/t14-,15-,16-,18+,19+,20+,21+,23-/m0/s1. The van der Waals surface area contributed by atoms with Crippen molar-refractivity contribution in [1.82, 2.24) is 0 Å². The highest BCUT2D eigenvalue weighted by molar-refractivity contribution is 5.72. The SMILES string of the molecule is CC[C@H](C)C(=O)O[C@@H]1C[C@@H](C)C=C2C=C[C@H](C)[C@@H](CC[C@@H]3C[C@@H](O)CC(=O)O3)[C@H]21. The highest BCUT2D eigenvalue weighted by atomic mass is 16.5. The summed E-state index contributed by atoms with van der Waals surface area (Å²) >= 11 is 0. The number of ether oxygens (including phenoxy) is 2. The number of aliphatic hydroxyl groups is 1. The first-order chi connectivity index (χ1) is 13.8. The molecule has 0 spiro atoms. The molecule has 0 aromatic rings. The van der Waals surface area contributed by atoms with Crippen molar-refractivity contribution in [2.75, 3.05) is 0 Å². The van der Waals surface area contributed by atoms with Gasteiger partial charge in [0.05, 0.1) is 18.4 Å². The molecule has 3 aliphatic rings. The Balaban J connectivity index is 1.74. The minimum absolute atomic E-state index is 0.0854. The lowest BCUT2D eigenvalue weighted by Gasteiger charge is -2.43. The van der Waals surface area contributed by atoms with Crippen molar-refractivity contribution in [3.8, 4) is 0 Å². The molecule has 0 unspecified atom stereocenters. The minimum Gasteiger partial charge on any atom is -0.462 e. The summed E-state index contributed by atoms with van der Waals surface area (Å²) in [6.07, 6.45) is 9.70. The summed E-state index contributed by atoms with van der Waals surface area (Å²) in [6.45, 7) is 8.33. The molecule has 3 rings (SSSR count). The maximum atomic E-state index is 12.5. The summed E-state index contributed by atoms with van der Waals surface area (Å²) in [6, 6.07) is 0. The van der Waals surface area contributed by atoms with E-state index in [0.29, 0.717) is 24.2 Å². The first kappa shape index (κ1) is 22.1. The average molecular weight is 405 g/mol. The van der Waals surface area contributed by atoms with Crippen molar-refractivity contribution >= 4 is 11.9 Å². The number of fused-ring (bicyclic) bond motifs is 1. The van der Waals surface area contributed by atoms with Gasteiger partial charge < -0.3 is 14.6 Å². The Morgan fingerprint density at radius 1 is 1.31 bits per heavy atom. The highest BCUT2D eigenvalue weighted by Gasteiger charge is 2.42. The Hall–Kier alpha value is -1.62. The fourth-order valence-corrected chi connectivity index (χ4v) is 5.07. The van der Waals surface area contributed by atoms with Crippen LogP contribution < -0.4 is 0 Å². The van der Waals surface area contributed by atoms with Crippen molar-refractivity contribution in [3.63, 3.8) is 0 Å². The average Bonchev–Trinajstić information content (AvgIpc) is 2.65. The van der Waals surface area contributed by atoms with Crippen molar-refractivity contribution in [2.45, 2.75) is 84.5 Å². The molecule has 2 aliphatic carbocycles. The maximum Gasteiger partial charge on any atom is 0.308 e. The summed E-state index contributed by atoms with van der Waals surface area (Å²) in [5.74, 6) is 0.755. The molecule has 162 valence electrons. The number of aliphatic hydroxyl groups excluding tert-OH is 1. The van der Waals surface area contributed by atoms with Crippen LogP contribution in [0.5, 0.6) is 0 Å². The van der Waals surface area contributed by atoms with Gasteiger partial charge in [0.2, 0.25) is 0 Å². The molecule has 5 heteroatoms. The highest BCUT2D eigenvalue weighted by Crippen LogP contribution is 2.45. The van der Waals surface area contributed by atoms with Gasteiger partial charge in [-0.1, -0.05) is 45.9 Å². The van der Waals surface area contributed by atoms with E-state index >= 15 is 0 Å². The molecule has 29 heavy (non-hydrogen) atoms. The van der Waals surface area contributed by atoms with Crippen LogP contribution in [0.1, 0.15) is 66.2 Å². The first-order valence-electron chi connectivity index (χ1n) is 11.3. The van der Waals surface area contributed by atoms with Crippen molar-refractivity contribution in [1.29, 1.82) is 0 Å². The fourth-order valence-electron chi connectivity index (χ4n) is 5.07. The molecule has 1 N–H and O–H groups in total. The first-order valence-corrected chi connectivity index (χ1v) is 11.3. The smallest absolute Gasteiger partial charge is 0.308 e. The minimum atomic E-state index is -0.597. The molecule has 1 aliphatic heterocycles. The van der Waals surface area contributed by atoms with E-state index in [1.165, 1.54) is 5.57 Å². The zero-order valence-electron chi connectivity index (χ0n) is 18.2. The Morgan fingerprint density at radius 3 is 2.76 bits per heavy atom. The molecule has 8 atom stereocenters. The predicted octanol–water partition coefficient (Wildman–Crippen LogP) is 4.20. The molecular formula is C24H36O5. The molecule has 5 nitrogen and oxygen atoms in total.